The number of rotatable bonds is 4. The topological polar surface area (TPSA) is 93.2 Å². The number of hydrogen-bond donors (Lipinski definition) is 1. The van der Waals surface area contributed by atoms with Crippen LogP contribution in [0.15, 0.2) is 42.7 Å². The summed E-state index contributed by atoms with van der Waals surface area (Å²) in [6, 6.07) is 9.13. The van der Waals surface area contributed by atoms with Crippen molar-refractivity contribution >= 4 is 23.2 Å². The molecule has 0 aliphatic carbocycles. The maximum atomic E-state index is 13.5. The number of carbonyl (C=O) groups is 1. The van der Waals surface area contributed by atoms with Gasteiger partial charge in [0, 0.05) is 37.2 Å². The smallest absolute Gasteiger partial charge is 0.274 e. The van der Waals surface area contributed by atoms with Crippen molar-refractivity contribution in [3.63, 3.8) is 0 Å². The maximum absolute atomic E-state index is 13.5. The highest BCUT2D eigenvalue weighted by Crippen LogP contribution is 2.24. The molecule has 9 nitrogen and oxygen atoms in total. The van der Waals surface area contributed by atoms with Gasteiger partial charge in [0.1, 0.15) is 11.9 Å². The van der Waals surface area contributed by atoms with E-state index in [0.29, 0.717) is 53.7 Å². The molecule has 5 rings (SSSR count). The van der Waals surface area contributed by atoms with Gasteiger partial charge in [-0.2, -0.15) is 10.1 Å². The van der Waals surface area contributed by atoms with Gasteiger partial charge in [0.2, 0.25) is 5.95 Å². The van der Waals surface area contributed by atoms with Gasteiger partial charge in [-0.15, -0.1) is 5.10 Å². The van der Waals surface area contributed by atoms with Gasteiger partial charge in [-0.25, -0.2) is 8.91 Å². The van der Waals surface area contributed by atoms with Crippen LogP contribution < -0.4 is 10.2 Å². The normalized spacial score (nSPS) is 16.2. The largest absolute Gasteiger partial charge is 0.336 e. The Morgan fingerprint density at radius 2 is 2.13 bits per heavy atom. The van der Waals surface area contributed by atoms with Crippen molar-refractivity contribution in [3.8, 4) is 11.3 Å². The van der Waals surface area contributed by atoms with Crippen LogP contribution in [0.4, 0.5) is 16.0 Å². The van der Waals surface area contributed by atoms with E-state index in [9.17, 15) is 9.18 Å². The number of carbonyl (C=O) groups excluding carboxylic acids is 1. The van der Waals surface area contributed by atoms with E-state index in [4.69, 9.17) is 0 Å². The fourth-order valence-electron chi connectivity index (χ4n) is 3.76. The van der Waals surface area contributed by atoms with E-state index in [2.05, 4.69) is 25.5 Å². The zero-order chi connectivity index (χ0) is 21.5. The number of halogens is 1. The molecule has 5 heterocycles. The molecule has 1 N–H and O–H groups in total. The molecule has 1 fully saturated rings. The molecule has 0 radical (unpaired) electrons. The van der Waals surface area contributed by atoms with E-state index >= 15 is 0 Å². The van der Waals surface area contributed by atoms with Crippen molar-refractivity contribution in [2.45, 2.75) is 19.5 Å². The standard InChI is InChI=1S/C21H21FN8O/c1-13-4-3-5-17(24-13)16-11-23-28(2)19(16)20(31)25-15-7-9-30-18(10-15)26-21(27-30)29-8-6-14(22)12-29/h3-5,7,9-11,14H,6,8,12H2,1-2H3,(H,25,31). The number of hydrogen-bond acceptors (Lipinski definition) is 6. The fourth-order valence-corrected chi connectivity index (χ4v) is 3.76. The summed E-state index contributed by atoms with van der Waals surface area (Å²) in [5.41, 5.74) is 3.76. The quantitative estimate of drug-likeness (QED) is 0.546. The molecule has 1 atom stereocenters. The number of anilines is 2. The molecule has 0 bridgehead atoms. The molecule has 4 aromatic heterocycles. The molecule has 1 saturated heterocycles. The number of pyridine rings is 2. The van der Waals surface area contributed by atoms with Crippen LogP contribution in [0.5, 0.6) is 0 Å². The van der Waals surface area contributed by atoms with Crippen LogP contribution in [0.3, 0.4) is 0 Å². The summed E-state index contributed by atoms with van der Waals surface area (Å²) in [6.45, 7) is 2.80. The first kappa shape index (κ1) is 19.2. The first-order valence-corrected chi connectivity index (χ1v) is 10.0. The second kappa shape index (κ2) is 7.46. The Morgan fingerprint density at radius 1 is 1.26 bits per heavy atom. The number of amides is 1. The Bertz CT molecular complexity index is 1280. The van der Waals surface area contributed by atoms with Crippen molar-refractivity contribution in [2.75, 3.05) is 23.3 Å². The van der Waals surface area contributed by atoms with Crippen LogP contribution in [0.1, 0.15) is 22.6 Å². The second-order valence-corrected chi connectivity index (χ2v) is 7.61. The maximum Gasteiger partial charge on any atom is 0.274 e. The Labute approximate surface area is 177 Å². The van der Waals surface area contributed by atoms with Crippen molar-refractivity contribution in [2.24, 2.45) is 7.05 Å². The third-order valence-corrected chi connectivity index (χ3v) is 5.32. The lowest BCUT2D eigenvalue weighted by Crippen LogP contribution is -2.21. The summed E-state index contributed by atoms with van der Waals surface area (Å²) in [5.74, 6) is 0.185. The molecule has 4 aromatic rings. The lowest BCUT2D eigenvalue weighted by atomic mass is 10.1. The molecule has 0 spiro atoms. The Hall–Kier alpha value is -3.82. The molecular weight excluding hydrogens is 399 g/mol. The van der Waals surface area contributed by atoms with E-state index in [-0.39, 0.29) is 5.91 Å². The van der Waals surface area contributed by atoms with Gasteiger partial charge >= 0.3 is 0 Å². The molecule has 1 aliphatic heterocycles. The fraction of sp³-hybridized carbons (Fsp3) is 0.286. The molecule has 1 unspecified atom stereocenters. The molecule has 0 aromatic carbocycles. The van der Waals surface area contributed by atoms with Crippen LogP contribution >= 0.6 is 0 Å². The van der Waals surface area contributed by atoms with Gasteiger partial charge in [0.15, 0.2) is 5.65 Å². The van der Waals surface area contributed by atoms with E-state index < -0.39 is 6.17 Å². The summed E-state index contributed by atoms with van der Waals surface area (Å²) in [4.78, 5) is 23.9. The minimum absolute atomic E-state index is 0.302. The predicted molar refractivity (Wildman–Crippen MR) is 114 cm³/mol. The van der Waals surface area contributed by atoms with E-state index in [1.54, 1.807) is 36.1 Å². The summed E-state index contributed by atoms with van der Waals surface area (Å²) in [6.07, 6.45) is 2.99. The second-order valence-electron chi connectivity index (χ2n) is 7.61. The molecule has 31 heavy (non-hydrogen) atoms. The minimum Gasteiger partial charge on any atom is -0.336 e. The first-order valence-electron chi connectivity index (χ1n) is 10.0. The van der Waals surface area contributed by atoms with Gasteiger partial charge < -0.3 is 10.2 Å². The molecule has 10 heteroatoms. The van der Waals surface area contributed by atoms with Crippen LogP contribution in [-0.4, -0.2) is 54.5 Å². The highest BCUT2D eigenvalue weighted by atomic mass is 19.1. The van der Waals surface area contributed by atoms with Gasteiger partial charge in [-0.05, 0) is 31.5 Å². The van der Waals surface area contributed by atoms with Crippen LogP contribution in [0, 0.1) is 6.92 Å². The number of alkyl halides is 1. The predicted octanol–water partition coefficient (Wildman–Crippen LogP) is 2.63. The van der Waals surface area contributed by atoms with Crippen molar-refractivity contribution in [1.29, 1.82) is 0 Å². The molecule has 158 valence electrons. The third kappa shape index (κ3) is 3.60. The Morgan fingerprint density at radius 3 is 2.90 bits per heavy atom. The van der Waals surface area contributed by atoms with Gasteiger partial charge in [0.05, 0.1) is 24.0 Å². The van der Waals surface area contributed by atoms with Crippen LogP contribution in [0.25, 0.3) is 16.9 Å². The lowest BCUT2D eigenvalue weighted by Gasteiger charge is -2.10. The zero-order valence-corrected chi connectivity index (χ0v) is 17.2. The lowest BCUT2D eigenvalue weighted by molar-refractivity contribution is 0.101. The number of aromatic nitrogens is 6. The summed E-state index contributed by atoms with van der Waals surface area (Å²) < 4.78 is 16.6. The highest BCUT2D eigenvalue weighted by molar-refractivity contribution is 6.07. The minimum atomic E-state index is -0.850. The monoisotopic (exact) mass is 420 g/mol. The van der Waals surface area contributed by atoms with Gasteiger partial charge in [-0.1, -0.05) is 6.07 Å². The molecule has 1 amide bonds. The third-order valence-electron chi connectivity index (χ3n) is 5.32. The summed E-state index contributed by atoms with van der Waals surface area (Å²) in [5, 5.41) is 11.6. The SMILES string of the molecule is Cc1cccc(-c2cnn(C)c2C(=O)Nc2ccn3nc(N4CCC(F)C4)nc3c2)n1. The zero-order valence-electron chi connectivity index (χ0n) is 17.2. The Kier molecular flexibility index (Phi) is 4.61. The summed E-state index contributed by atoms with van der Waals surface area (Å²) in [7, 11) is 1.72. The van der Waals surface area contributed by atoms with E-state index in [0.717, 1.165) is 5.69 Å². The average molecular weight is 420 g/mol. The van der Waals surface area contributed by atoms with Gasteiger partial charge in [-0.3, -0.25) is 14.5 Å². The van der Waals surface area contributed by atoms with Crippen LogP contribution in [0.2, 0.25) is 0 Å². The van der Waals surface area contributed by atoms with E-state index in [1.165, 1.54) is 4.68 Å². The van der Waals surface area contributed by atoms with Crippen LogP contribution in [-0.2, 0) is 7.05 Å². The van der Waals surface area contributed by atoms with E-state index in [1.807, 2.05) is 30.0 Å². The van der Waals surface area contributed by atoms with Gasteiger partial charge in [0.25, 0.3) is 5.91 Å². The average Bonchev–Trinajstić information content (AvgIpc) is 3.45. The molecular formula is C21H21FN8O. The number of fused-ring (bicyclic) bond motifs is 1. The Balaban J connectivity index is 1.41. The van der Waals surface area contributed by atoms with Crippen molar-refractivity contribution in [1.82, 2.24) is 29.4 Å². The highest BCUT2D eigenvalue weighted by Gasteiger charge is 2.25. The first-order chi connectivity index (χ1) is 15.0. The van der Waals surface area contributed by atoms with Crippen molar-refractivity contribution in [3.05, 3.63) is 54.1 Å². The van der Waals surface area contributed by atoms with Crippen molar-refractivity contribution < 1.29 is 9.18 Å². The number of nitrogens with one attached hydrogen (secondary N) is 1. The molecule has 1 aliphatic rings. The number of aryl methyl sites for hydroxylation is 2. The molecule has 0 saturated carbocycles. The summed E-state index contributed by atoms with van der Waals surface area (Å²) >= 11 is 0. The number of nitrogens with zero attached hydrogens (tertiary/aromatic N) is 7.